The summed E-state index contributed by atoms with van der Waals surface area (Å²) in [6, 6.07) is 0. The molecule has 0 aromatic rings. The minimum Gasteiger partial charge on any atom is -0.461 e. The summed E-state index contributed by atoms with van der Waals surface area (Å²) >= 11 is 0. The van der Waals surface area contributed by atoms with Crippen LogP contribution in [0.5, 0.6) is 0 Å². The van der Waals surface area contributed by atoms with Crippen molar-refractivity contribution in [2.45, 2.75) is 58.8 Å². The van der Waals surface area contributed by atoms with E-state index in [0.717, 1.165) is 25.7 Å². The molecule has 2 heteroatoms. The fourth-order valence-corrected chi connectivity index (χ4v) is 1.24. The Morgan fingerprint density at radius 1 is 1.07 bits per heavy atom. The number of hydrogen-bond acceptors (Lipinski definition) is 2. The Morgan fingerprint density at radius 2 is 1.80 bits per heavy atom. The Balaban J connectivity index is 3.26. The summed E-state index contributed by atoms with van der Waals surface area (Å²) in [6.45, 7) is 4.73. The van der Waals surface area contributed by atoms with Crippen molar-refractivity contribution in [1.82, 2.24) is 0 Å². The van der Waals surface area contributed by atoms with Crippen molar-refractivity contribution >= 4 is 5.97 Å². The van der Waals surface area contributed by atoms with Gasteiger partial charge in [0.1, 0.15) is 6.61 Å². The second-order valence-electron chi connectivity index (χ2n) is 3.75. The average Bonchev–Trinajstić information content (AvgIpc) is 2.23. The Morgan fingerprint density at radius 3 is 2.47 bits per heavy atom. The highest BCUT2D eigenvalue weighted by molar-refractivity contribution is 5.69. The molecule has 0 aromatic carbocycles. The molecule has 88 valence electrons. The third kappa shape index (κ3) is 11.1. The monoisotopic (exact) mass is 212 g/mol. The summed E-state index contributed by atoms with van der Waals surface area (Å²) in [5, 5.41) is 0. The van der Waals surface area contributed by atoms with E-state index in [-0.39, 0.29) is 5.97 Å². The molecule has 0 atom stereocenters. The number of esters is 1. The second kappa shape index (κ2) is 11.3. The molecule has 0 fully saturated rings. The fourth-order valence-electron chi connectivity index (χ4n) is 1.24. The Hall–Kier alpha value is -0.790. The van der Waals surface area contributed by atoms with Crippen molar-refractivity contribution in [3.63, 3.8) is 0 Å². The third-order valence-electron chi connectivity index (χ3n) is 2.22. The van der Waals surface area contributed by atoms with E-state index >= 15 is 0 Å². The molecule has 0 aliphatic heterocycles. The van der Waals surface area contributed by atoms with Crippen LogP contribution in [0.4, 0.5) is 0 Å². The molecule has 0 spiro atoms. The van der Waals surface area contributed by atoms with Crippen molar-refractivity contribution < 1.29 is 9.53 Å². The predicted octanol–water partition coefficient (Wildman–Crippen LogP) is 3.86. The lowest BCUT2D eigenvalue weighted by Crippen LogP contribution is -2.03. The summed E-state index contributed by atoms with van der Waals surface area (Å²) in [5.41, 5.74) is 0. The van der Waals surface area contributed by atoms with E-state index < -0.39 is 0 Å². The first kappa shape index (κ1) is 14.2. The quantitative estimate of drug-likeness (QED) is 0.329. The number of rotatable bonds is 9. The highest BCUT2D eigenvalue weighted by atomic mass is 16.5. The van der Waals surface area contributed by atoms with Crippen molar-refractivity contribution in [3.8, 4) is 0 Å². The van der Waals surface area contributed by atoms with E-state index in [0.29, 0.717) is 13.0 Å². The van der Waals surface area contributed by atoms with Gasteiger partial charge in [0, 0.05) is 6.42 Å². The topological polar surface area (TPSA) is 26.3 Å². The molecule has 0 bridgehead atoms. The third-order valence-corrected chi connectivity index (χ3v) is 2.22. The molecule has 0 saturated carbocycles. The lowest BCUT2D eigenvalue weighted by molar-refractivity contribution is -0.142. The van der Waals surface area contributed by atoms with Crippen LogP contribution in [0.15, 0.2) is 12.2 Å². The van der Waals surface area contributed by atoms with Crippen LogP contribution in [0.3, 0.4) is 0 Å². The Kier molecular flexibility index (Phi) is 10.7. The van der Waals surface area contributed by atoms with Crippen LogP contribution in [0.1, 0.15) is 58.8 Å². The van der Waals surface area contributed by atoms with Gasteiger partial charge in [0.25, 0.3) is 0 Å². The van der Waals surface area contributed by atoms with Gasteiger partial charge in [-0.1, -0.05) is 51.7 Å². The molecule has 0 radical (unpaired) electrons. The van der Waals surface area contributed by atoms with Crippen LogP contribution < -0.4 is 0 Å². The molecule has 0 rings (SSSR count). The summed E-state index contributed by atoms with van der Waals surface area (Å²) in [6.07, 6.45) is 11.3. The fraction of sp³-hybridized carbons (Fsp3) is 0.769. The summed E-state index contributed by atoms with van der Waals surface area (Å²) in [7, 11) is 0. The van der Waals surface area contributed by atoms with E-state index in [1.807, 2.05) is 6.08 Å². The van der Waals surface area contributed by atoms with Crippen LogP contribution in [0.25, 0.3) is 0 Å². The van der Waals surface area contributed by atoms with Crippen molar-refractivity contribution in [2.24, 2.45) is 0 Å². The lowest BCUT2D eigenvalue weighted by Gasteiger charge is -2.00. The van der Waals surface area contributed by atoms with E-state index in [1.54, 1.807) is 0 Å². The summed E-state index contributed by atoms with van der Waals surface area (Å²) in [5.74, 6) is -0.0661. The average molecular weight is 212 g/mol. The van der Waals surface area contributed by atoms with Crippen LogP contribution in [0.2, 0.25) is 0 Å². The van der Waals surface area contributed by atoms with Gasteiger partial charge < -0.3 is 4.74 Å². The standard InChI is InChI=1S/C13H24O2/c1-3-5-7-8-10-12-15-13(14)11-9-6-4-2/h8,10H,3-7,9,11-12H2,1-2H3/b10-8+. The van der Waals surface area contributed by atoms with Gasteiger partial charge in [-0.25, -0.2) is 0 Å². The first-order chi connectivity index (χ1) is 7.31. The SMILES string of the molecule is CCCC/C=C/COC(=O)CCCCC. The molecule has 0 amide bonds. The van der Waals surface area contributed by atoms with Crippen molar-refractivity contribution in [1.29, 1.82) is 0 Å². The summed E-state index contributed by atoms with van der Waals surface area (Å²) < 4.78 is 5.04. The maximum Gasteiger partial charge on any atom is 0.306 e. The largest absolute Gasteiger partial charge is 0.461 e. The molecule has 0 saturated heterocycles. The predicted molar refractivity (Wildman–Crippen MR) is 63.8 cm³/mol. The second-order valence-corrected chi connectivity index (χ2v) is 3.75. The maximum absolute atomic E-state index is 11.2. The van der Waals surface area contributed by atoms with Crippen molar-refractivity contribution in [2.75, 3.05) is 6.61 Å². The number of allylic oxidation sites excluding steroid dienone is 1. The van der Waals surface area contributed by atoms with Crippen LogP contribution in [-0.4, -0.2) is 12.6 Å². The Bertz CT molecular complexity index is 173. The molecular weight excluding hydrogens is 188 g/mol. The molecule has 0 N–H and O–H groups in total. The molecule has 0 heterocycles. The minimum absolute atomic E-state index is 0.0661. The molecule has 15 heavy (non-hydrogen) atoms. The molecule has 0 unspecified atom stereocenters. The van der Waals surface area contributed by atoms with Gasteiger partial charge >= 0.3 is 5.97 Å². The zero-order valence-corrected chi connectivity index (χ0v) is 10.1. The first-order valence-electron chi connectivity index (χ1n) is 6.11. The van der Waals surface area contributed by atoms with Crippen LogP contribution in [-0.2, 0) is 9.53 Å². The van der Waals surface area contributed by atoms with Crippen LogP contribution >= 0.6 is 0 Å². The Labute approximate surface area is 93.7 Å². The van der Waals surface area contributed by atoms with E-state index in [9.17, 15) is 4.79 Å². The molecule has 0 aromatic heterocycles. The molecular formula is C13H24O2. The molecule has 2 nitrogen and oxygen atoms in total. The van der Waals surface area contributed by atoms with Gasteiger partial charge in [0.2, 0.25) is 0 Å². The zero-order valence-electron chi connectivity index (χ0n) is 10.1. The highest BCUT2D eigenvalue weighted by Crippen LogP contribution is 2.00. The summed E-state index contributed by atoms with van der Waals surface area (Å²) in [4.78, 5) is 11.2. The lowest BCUT2D eigenvalue weighted by atomic mass is 10.2. The smallest absolute Gasteiger partial charge is 0.306 e. The zero-order chi connectivity index (χ0) is 11.4. The normalized spacial score (nSPS) is 10.8. The van der Waals surface area contributed by atoms with Gasteiger partial charge in [-0.15, -0.1) is 0 Å². The number of hydrogen-bond donors (Lipinski definition) is 0. The highest BCUT2D eigenvalue weighted by Gasteiger charge is 1.99. The van der Waals surface area contributed by atoms with Gasteiger partial charge in [0.15, 0.2) is 0 Å². The minimum atomic E-state index is -0.0661. The number of ether oxygens (including phenoxy) is 1. The van der Waals surface area contributed by atoms with Gasteiger partial charge in [-0.3, -0.25) is 4.79 Å². The van der Waals surface area contributed by atoms with Gasteiger partial charge in [0.05, 0.1) is 0 Å². The van der Waals surface area contributed by atoms with Crippen LogP contribution in [0, 0.1) is 0 Å². The maximum atomic E-state index is 11.2. The number of carbonyl (C=O) groups excluding carboxylic acids is 1. The first-order valence-corrected chi connectivity index (χ1v) is 6.11. The van der Waals surface area contributed by atoms with Gasteiger partial charge in [-0.2, -0.15) is 0 Å². The number of carbonyl (C=O) groups is 1. The van der Waals surface area contributed by atoms with E-state index in [1.165, 1.54) is 12.8 Å². The molecule has 0 aliphatic rings. The van der Waals surface area contributed by atoms with E-state index in [4.69, 9.17) is 4.74 Å². The molecule has 0 aliphatic carbocycles. The number of unbranched alkanes of at least 4 members (excludes halogenated alkanes) is 4. The van der Waals surface area contributed by atoms with E-state index in [2.05, 4.69) is 19.9 Å². The van der Waals surface area contributed by atoms with Crippen molar-refractivity contribution in [3.05, 3.63) is 12.2 Å². The van der Waals surface area contributed by atoms with Gasteiger partial charge in [-0.05, 0) is 12.8 Å².